The number of guanidine groups is 1. The first kappa shape index (κ1) is 48.1. The smallest absolute Gasteiger partial charge is 0.303 e. The quantitative estimate of drug-likeness (QED) is 0.0267. The lowest BCUT2D eigenvalue weighted by molar-refractivity contribution is -0.142. The standard InChI is InChI=1S/C36H57N11O11/c1-18(2)13-24(32(55)42-16-27(38)50)45-34(57)26(10-11-29(52)53)47-17-21(15-28(47)51)43-35(58)30(19(3)48)46-33(56)25(14-20-6-8-22(49)9-7-20)44-31(54)23(37)5-4-12-41-36(39)40/h6-9,18-19,21,23-26,30,48-49H,4-5,10-17,37H2,1-3H3,(H2,38,50)(H,42,55)(H,43,58)(H,44,54)(H,45,57)(H,46,56)(H,52,53)(H4,39,40,41)/t19-,21-,23-,24-,25-,26-,30-/m1/s1. The van der Waals surface area contributed by atoms with Crippen molar-refractivity contribution >= 4 is 53.3 Å². The molecule has 1 fully saturated rings. The molecule has 0 unspecified atom stereocenters. The van der Waals surface area contributed by atoms with E-state index >= 15 is 0 Å². The summed E-state index contributed by atoms with van der Waals surface area (Å²) in [5.74, 6) is -7.02. The van der Waals surface area contributed by atoms with Crippen LogP contribution in [0.2, 0.25) is 0 Å². The molecule has 16 N–H and O–H groups in total. The lowest BCUT2D eigenvalue weighted by atomic mass is 10.0. The van der Waals surface area contributed by atoms with Crippen LogP contribution in [0.4, 0.5) is 0 Å². The van der Waals surface area contributed by atoms with Crippen molar-refractivity contribution in [1.82, 2.24) is 31.5 Å². The van der Waals surface area contributed by atoms with Gasteiger partial charge in [-0.15, -0.1) is 0 Å². The van der Waals surface area contributed by atoms with Crippen LogP contribution in [0.3, 0.4) is 0 Å². The summed E-state index contributed by atoms with van der Waals surface area (Å²) in [6, 6.07) is -1.69. The summed E-state index contributed by atoms with van der Waals surface area (Å²) in [7, 11) is 0. The summed E-state index contributed by atoms with van der Waals surface area (Å²) in [5.41, 5.74) is 22.3. The molecule has 58 heavy (non-hydrogen) atoms. The Balaban J connectivity index is 2.24. The number of phenols is 1. The van der Waals surface area contributed by atoms with E-state index in [9.17, 15) is 53.7 Å². The van der Waals surface area contributed by atoms with Crippen LogP contribution >= 0.6 is 0 Å². The fraction of sp³-hybridized carbons (Fsp3) is 0.583. The molecular weight excluding hydrogens is 762 g/mol. The van der Waals surface area contributed by atoms with Gasteiger partial charge in [-0.05, 0) is 56.2 Å². The molecule has 1 aliphatic rings. The Labute approximate surface area is 335 Å². The molecular formula is C36H57N11O11. The van der Waals surface area contributed by atoms with Crippen LogP contribution in [0.25, 0.3) is 0 Å². The van der Waals surface area contributed by atoms with Gasteiger partial charge in [0.05, 0.1) is 24.7 Å². The average Bonchev–Trinajstić information content (AvgIpc) is 3.49. The molecule has 0 aliphatic carbocycles. The first-order valence-corrected chi connectivity index (χ1v) is 18.7. The minimum absolute atomic E-state index is 0.0417. The molecule has 0 aromatic heterocycles. The van der Waals surface area contributed by atoms with Gasteiger partial charge in [-0.2, -0.15) is 0 Å². The summed E-state index contributed by atoms with van der Waals surface area (Å²) in [4.78, 5) is 108. The largest absolute Gasteiger partial charge is 0.508 e. The van der Waals surface area contributed by atoms with Gasteiger partial charge < -0.3 is 69.7 Å². The minimum atomic E-state index is -1.61. The molecule has 0 radical (unpaired) electrons. The van der Waals surface area contributed by atoms with Gasteiger partial charge in [0.25, 0.3) is 0 Å². The van der Waals surface area contributed by atoms with Crippen LogP contribution in [-0.4, -0.2) is 135 Å². The van der Waals surface area contributed by atoms with Crippen LogP contribution in [-0.2, 0) is 44.8 Å². The number of nitrogens with one attached hydrogen (secondary N) is 5. The van der Waals surface area contributed by atoms with Crippen LogP contribution in [0.5, 0.6) is 5.75 Å². The molecule has 0 saturated carbocycles. The van der Waals surface area contributed by atoms with E-state index in [0.717, 1.165) is 4.90 Å². The number of aliphatic hydroxyl groups excluding tert-OH is 1. The van der Waals surface area contributed by atoms with Crippen LogP contribution in [0.1, 0.15) is 64.9 Å². The van der Waals surface area contributed by atoms with E-state index in [1.54, 1.807) is 13.8 Å². The summed E-state index contributed by atoms with van der Waals surface area (Å²) < 4.78 is 0. The molecule has 322 valence electrons. The number of amides is 7. The molecule has 0 bridgehead atoms. The summed E-state index contributed by atoms with van der Waals surface area (Å²) >= 11 is 0. The second-order valence-electron chi connectivity index (χ2n) is 14.5. The Hall–Kier alpha value is -6.03. The zero-order chi connectivity index (χ0) is 43.7. The maximum atomic E-state index is 13.7. The zero-order valence-electron chi connectivity index (χ0n) is 32.8. The fourth-order valence-electron chi connectivity index (χ4n) is 6.04. The normalized spacial score (nSPS) is 16.8. The Kier molecular flexibility index (Phi) is 19.3. The van der Waals surface area contributed by atoms with E-state index in [0.29, 0.717) is 12.0 Å². The van der Waals surface area contributed by atoms with Gasteiger partial charge in [0.2, 0.25) is 41.4 Å². The van der Waals surface area contributed by atoms with Crippen molar-refractivity contribution in [1.29, 1.82) is 0 Å². The third kappa shape index (κ3) is 16.6. The van der Waals surface area contributed by atoms with Gasteiger partial charge in [0, 0.05) is 32.4 Å². The second kappa shape index (κ2) is 23.3. The predicted octanol–water partition coefficient (Wildman–Crippen LogP) is -4.25. The number of aliphatic hydroxyl groups is 1. The van der Waals surface area contributed by atoms with E-state index < -0.39 is 103 Å². The van der Waals surface area contributed by atoms with Crippen LogP contribution < -0.4 is 49.5 Å². The number of benzene rings is 1. The van der Waals surface area contributed by atoms with E-state index in [1.165, 1.54) is 31.2 Å². The van der Waals surface area contributed by atoms with E-state index in [2.05, 4.69) is 31.6 Å². The summed E-state index contributed by atoms with van der Waals surface area (Å²) in [6.07, 6.45) is -2.15. The van der Waals surface area contributed by atoms with Crippen molar-refractivity contribution < 1.29 is 53.7 Å². The highest BCUT2D eigenvalue weighted by Crippen LogP contribution is 2.20. The van der Waals surface area contributed by atoms with Crippen molar-refractivity contribution in [2.24, 2.45) is 33.8 Å². The van der Waals surface area contributed by atoms with Gasteiger partial charge in [0.1, 0.15) is 29.9 Å². The molecule has 22 nitrogen and oxygen atoms in total. The number of phenolic OH excluding ortho intramolecular Hbond substituents is 1. The number of primary amides is 1. The van der Waals surface area contributed by atoms with Crippen LogP contribution in [0, 0.1) is 5.92 Å². The summed E-state index contributed by atoms with van der Waals surface area (Å²) in [5, 5.41) is 42.2. The number of carbonyl (C=O) groups excluding carboxylic acids is 7. The third-order valence-corrected chi connectivity index (χ3v) is 8.97. The number of carboxylic acid groups (broad SMARTS) is 1. The fourth-order valence-corrected chi connectivity index (χ4v) is 6.04. The number of hydrogen-bond acceptors (Lipinski definition) is 12. The van der Waals surface area contributed by atoms with Crippen LogP contribution in [0.15, 0.2) is 29.3 Å². The second-order valence-corrected chi connectivity index (χ2v) is 14.5. The number of carbonyl (C=O) groups is 8. The highest BCUT2D eigenvalue weighted by Gasteiger charge is 2.41. The monoisotopic (exact) mass is 819 g/mol. The molecule has 7 amide bonds. The van der Waals surface area contributed by atoms with Crippen molar-refractivity contribution in [2.45, 2.75) is 108 Å². The van der Waals surface area contributed by atoms with E-state index in [4.69, 9.17) is 22.9 Å². The van der Waals surface area contributed by atoms with Crippen molar-refractivity contribution in [3.05, 3.63) is 29.8 Å². The SMILES string of the molecule is CC(C)C[C@@H](NC(=O)[C@@H](CCC(=O)O)N1C[C@H](NC(=O)[C@H](NC(=O)[C@@H](Cc2ccc(O)cc2)NC(=O)[C@H](N)CCCN=C(N)N)[C@@H](C)O)CC1=O)C(=O)NCC(N)=O. The number of nitrogens with two attached hydrogens (primary N) is 4. The van der Waals surface area contributed by atoms with Gasteiger partial charge >= 0.3 is 5.97 Å². The molecule has 2 rings (SSSR count). The number of aliphatic imine (C=N–C) groups is 1. The highest BCUT2D eigenvalue weighted by atomic mass is 16.4. The molecule has 7 atom stereocenters. The first-order chi connectivity index (χ1) is 27.2. The number of rotatable bonds is 24. The Morgan fingerprint density at radius 1 is 0.879 bits per heavy atom. The maximum absolute atomic E-state index is 13.7. The number of hydrogen-bond donors (Lipinski definition) is 12. The molecule has 1 aromatic rings. The highest BCUT2D eigenvalue weighted by molar-refractivity contribution is 5.95. The van der Waals surface area contributed by atoms with Gasteiger partial charge in [-0.3, -0.25) is 43.3 Å². The Bertz CT molecular complexity index is 1650. The Morgan fingerprint density at radius 2 is 1.52 bits per heavy atom. The molecule has 1 aliphatic heterocycles. The van der Waals surface area contributed by atoms with E-state index in [-0.39, 0.29) is 62.8 Å². The average molecular weight is 820 g/mol. The van der Waals surface area contributed by atoms with Gasteiger partial charge in [-0.1, -0.05) is 26.0 Å². The summed E-state index contributed by atoms with van der Waals surface area (Å²) in [6.45, 7) is 4.25. The number of nitrogens with zero attached hydrogens (tertiary/aromatic N) is 2. The van der Waals surface area contributed by atoms with Gasteiger partial charge in [-0.25, -0.2) is 0 Å². The topological polar surface area (TPSA) is 377 Å². The number of aromatic hydroxyl groups is 1. The maximum Gasteiger partial charge on any atom is 0.303 e. The predicted molar refractivity (Wildman–Crippen MR) is 208 cm³/mol. The number of aliphatic carboxylic acids is 1. The first-order valence-electron chi connectivity index (χ1n) is 18.7. The molecule has 1 saturated heterocycles. The number of likely N-dealkylation sites (tertiary alicyclic amines) is 1. The molecule has 0 spiro atoms. The van der Waals surface area contributed by atoms with E-state index in [1.807, 2.05) is 0 Å². The van der Waals surface area contributed by atoms with Crippen molar-refractivity contribution in [2.75, 3.05) is 19.6 Å². The van der Waals surface area contributed by atoms with Gasteiger partial charge in [0.15, 0.2) is 5.96 Å². The minimum Gasteiger partial charge on any atom is -0.508 e. The van der Waals surface area contributed by atoms with Crippen molar-refractivity contribution in [3.63, 3.8) is 0 Å². The molecule has 1 heterocycles. The third-order valence-electron chi connectivity index (χ3n) is 8.97. The number of carboxylic acids is 1. The lowest BCUT2D eigenvalue weighted by Crippen LogP contribution is -2.60. The zero-order valence-corrected chi connectivity index (χ0v) is 32.8. The van der Waals surface area contributed by atoms with Crippen molar-refractivity contribution in [3.8, 4) is 5.75 Å². The molecule has 22 heteroatoms. The lowest BCUT2D eigenvalue weighted by Gasteiger charge is -2.30. The Morgan fingerprint density at radius 3 is 2.09 bits per heavy atom. The molecule has 1 aromatic carbocycles.